The van der Waals surface area contributed by atoms with Gasteiger partial charge in [0.25, 0.3) is 0 Å². The predicted octanol–water partition coefficient (Wildman–Crippen LogP) is 2.49. The number of rotatable bonds is 3. The molecule has 2 rings (SSSR count). The van der Waals surface area contributed by atoms with Crippen LogP contribution in [-0.2, 0) is 16.8 Å². The van der Waals surface area contributed by atoms with Gasteiger partial charge in [-0.05, 0) is 19.4 Å². The third-order valence-corrected chi connectivity index (χ3v) is 4.14. The van der Waals surface area contributed by atoms with E-state index >= 15 is 0 Å². The molecule has 1 saturated heterocycles. The average molecular weight is 268 g/mol. The Morgan fingerprint density at radius 1 is 1.61 bits per heavy atom. The largest absolute Gasteiger partial charge is 0.480 e. The van der Waals surface area contributed by atoms with E-state index in [1.807, 2.05) is 4.90 Å². The first-order valence-corrected chi connectivity index (χ1v) is 7.17. The van der Waals surface area contributed by atoms with Gasteiger partial charge in [0.1, 0.15) is 11.0 Å². The minimum absolute atomic E-state index is 0.0615. The van der Waals surface area contributed by atoms with Gasteiger partial charge < -0.3 is 5.11 Å². The lowest BCUT2D eigenvalue weighted by Gasteiger charge is -2.19. The molecule has 0 aromatic carbocycles. The van der Waals surface area contributed by atoms with Crippen LogP contribution < -0.4 is 0 Å². The van der Waals surface area contributed by atoms with Gasteiger partial charge >= 0.3 is 5.97 Å². The van der Waals surface area contributed by atoms with Crippen molar-refractivity contribution in [1.82, 2.24) is 9.88 Å². The van der Waals surface area contributed by atoms with Gasteiger partial charge in [0.05, 0.1) is 12.2 Å². The minimum Gasteiger partial charge on any atom is -0.480 e. The topological polar surface area (TPSA) is 53.4 Å². The Bertz CT molecular complexity index is 436. The van der Waals surface area contributed by atoms with Gasteiger partial charge in [-0.3, -0.25) is 9.69 Å². The quantitative estimate of drug-likeness (QED) is 0.915. The molecule has 0 aliphatic carbocycles. The van der Waals surface area contributed by atoms with Crippen LogP contribution >= 0.6 is 11.3 Å². The van der Waals surface area contributed by atoms with Crippen LogP contribution in [0.3, 0.4) is 0 Å². The van der Waals surface area contributed by atoms with Crippen LogP contribution in [0.2, 0.25) is 0 Å². The highest BCUT2D eigenvalue weighted by Gasteiger charge is 2.31. The summed E-state index contributed by atoms with van der Waals surface area (Å²) in [6.45, 7) is 7.95. The standard InChI is InChI=1S/C13H20N2O2S/c1-13(2,3)10-8-18-11(14-10)7-15-6-4-5-9(15)12(16)17/h8-9H,4-7H2,1-3H3,(H,16,17)/t9-/m1/s1. The zero-order valence-corrected chi connectivity index (χ0v) is 12.0. The van der Waals surface area contributed by atoms with Gasteiger partial charge in [-0.2, -0.15) is 0 Å². The molecule has 0 amide bonds. The number of likely N-dealkylation sites (tertiary alicyclic amines) is 1. The maximum absolute atomic E-state index is 11.1. The lowest BCUT2D eigenvalue weighted by molar-refractivity contribution is -0.142. The first-order chi connectivity index (χ1) is 8.38. The zero-order valence-electron chi connectivity index (χ0n) is 11.1. The molecule has 1 aromatic rings. The molecule has 1 aliphatic heterocycles. The molecular formula is C13H20N2O2S. The molecule has 1 aromatic heterocycles. The van der Waals surface area contributed by atoms with Crippen LogP contribution in [0, 0.1) is 0 Å². The summed E-state index contributed by atoms with van der Waals surface area (Å²) in [4.78, 5) is 17.8. The second-order valence-corrected chi connectivity index (χ2v) is 6.79. The van der Waals surface area contributed by atoms with Crippen LogP contribution in [0.4, 0.5) is 0 Å². The summed E-state index contributed by atoms with van der Waals surface area (Å²) < 4.78 is 0. The average Bonchev–Trinajstić information content (AvgIpc) is 2.85. The van der Waals surface area contributed by atoms with E-state index in [1.165, 1.54) is 0 Å². The molecule has 18 heavy (non-hydrogen) atoms. The maximum atomic E-state index is 11.1. The van der Waals surface area contributed by atoms with E-state index in [0.29, 0.717) is 6.54 Å². The van der Waals surface area contributed by atoms with E-state index in [9.17, 15) is 4.79 Å². The van der Waals surface area contributed by atoms with Gasteiger partial charge in [-0.25, -0.2) is 4.98 Å². The van der Waals surface area contributed by atoms with Crippen LogP contribution in [0.25, 0.3) is 0 Å². The summed E-state index contributed by atoms with van der Waals surface area (Å²) in [6.07, 6.45) is 1.72. The summed E-state index contributed by atoms with van der Waals surface area (Å²) in [6, 6.07) is -0.327. The smallest absolute Gasteiger partial charge is 0.320 e. The Morgan fingerprint density at radius 3 is 2.89 bits per heavy atom. The first-order valence-electron chi connectivity index (χ1n) is 6.29. The first kappa shape index (κ1) is 13.5. The summed E-state index contributed by atoms with van der Waals surface area (Å²) in [7, 11) is 0. The van der Waals surface area contributed by atoms with Gasteiger partial charge in [0, 0.05) is 10.8 Å². The van der Waals surface area contributed by atoms with E-state index in [4.69, 9.17) is 5.11 Å². The second-order valence-electron chi connectivity index (χ2n) is 5.84. The van der Waals surface area contributed by atoms with Crippen molar-refractivity contribution in [2.45, 2.75) is 51.6 Å². The molecule has 1 atom stereocenters. The molecule has 5 heteroatoms. The number of carbonyl (C=O) groups is 1. The van der Waals surface area contributed by atoms with Crippen molar-refractivity contribution in [3.63, 3.8) is 0 Å². The molecule has 2 heterocycles. The number of aromatic nitrogens is 1. The van der Waals surface area contributed by atoms with Crippen molar-refractivity contribution >= 4 is 17.3 Å². The van der Waals surface area contributed by atoms with Crippen molar-refractivity contribution in [3.05, 3.63) is 16.1 Å². The third-order valence-electron chi connectivity index (χ3n) is 3.31. The Labute approximate surface area is 112 Å². The lowest BCUT2D eigenvalue weighted by atomic mass is 9.93. The number of hydrogen-bond donors (Lipinski definition) is 1. The summed E-state index contributed by atoms with van der Waals surface area (Å²) in [5.74, 6) is -0.708. The molecule has 4 nitrogen and oxygen atoms in total. The van der Waals surface area contributed by atoms with Crippen LogP contribution in [0.1, 0.15) is 44.3 Å². The maximum Gasteiger partial charge on any atom is 0.320 e. The van der Waals surface area contributed by atoms with E-state index in [2.05, 4.69) is 31.1 Å². The van der Waals surface area contributed by atoms with Crippen molar-refractivity contribution in [2.75, 3.05) is 6.54 Å². The Kier molecular flexibility index (Phi) is 3.73. The van der Waals surface area contributed by atoms with Crippen LogP contribution in [0.5, 0.6) is 0 Å². The number of carboxylic acids is 1. The molecule has 0 radical (unpaired) electrons. The summed E-state index contributed by atoms with van der Waals surface area (Å²) in [5.41, 5.74) is 1.15. The van der Waals surface area contributed by atoms with E-state index in [1.54, 1.807) is 11.3 Å². The zero-order chi connectivity index (χ0) is 13.3. The molecule has 1 aliphatic rings. The van der Waals surface area contributed by atoms with Crippen LogP contribution in [-0.4, -0.2) is 33.5 Å². The molecule has 0 bridgehead atoms. The van der Waals surface area contributed by atoms with Crippen molar-refractivity contribution in [2.24, 2.45) is 0 Å². The minimum atomic E-state index is -0.708. The molecule has 1 fully saturated rings. The van der Waals surface area contributed by atoms with Crippen molar-refractivity contribution in [1.29, 1.82) is 0 Å². The normalized spacial score (nSPS) is 21.4. The fraction of sp³-hybridized carbons (Fsp3) is 0.692. The fourth-order valence-electron chi connectivity index (χ4n) is 2.20. The predicted molar refractivity (Wildman–Crippen MR) is 71.9 cm³/mol. The highest BCUT2D eigenvalue weighted by Crippen LogP contribution is 2.26. The monoisotopic (exact) mass is 268 g/mol. The highest BCUT2D eigenvalue weighted by molar-refractivity contribution is 7.09. The summed E-state index contributed by atoms with van der Waals surface area (Å²) in [5, 5.41) is 12.2. The molecular weight excluding hydrogens is 248 g/mol. The molecule has 0 saturated carbocycles. The van der Waals surface area contributed by atoms with E-state index in [-0.39, 0.29) is 11.5 Å². The molecule has 0 spiro atoms. The Hall–Kier alpha value is -0.940. The van der Waals surface area contributed by atoms with E-state index in [0.717, 1.165) is 30.1 Å². The Balaban J connectivity index is 2.05. The Morgan fingerprint density at radius 2 is 2.33 bits per heavy atom. The SMILES string of the molecule is CC(C)(C)c1csc(CN2CCC[C@@H]2C(=O)O)n1. The molecule has 1 N–H and O–H groups in total. The molecule has 100 valence electrons. The second kappa shape index (κ2) is 4.97. The van der Waals surface area contributed by atoms with Crippen molar-refractivity contribution < 1.29 is 9.90 Å². The van der Waals surface area contributed by atoms with Crippen LogP contribution in [0.15, 0.2) is 5.38 Å². The van der Waals surface area contributed by atoms with Gasteiger partial charge in [0.15, 0.2) is 0 Å². The lowest BCUT2D eigenvalue weighted by Crippen LogP contribution is -2.35. The van der Waals surface area contributed by atoms with E-state index < -0.39 is 5.97 Å². The van der Waals surface area contributed by atoms with Gasteiger partial charge in [0.2, 0.25) is 0 Å². The number of nitrogens with zero attached hydrogens (tertiary/aromatic N) is 2. The van der Waals surface area contributed by atoms with Crippen molar-refractivity contribution in [3.8, 4) is 0 Å². The molecule has 0 unspecified atom stereocenters. The number of thiazole rings is 1. The van der Waals surface area contributed by atoms with Gasteiger partial charge in [-0.1, -0.05) is 20.8 Å². The number of aliphatic carboxylic acids is 1. The number of carboxylic acid groups (broad SMARTS) is 1. The van der Waals surface area contributed by atoms with Gasteiger partial charge in [-0.15, -0.1) is 11.3 Å². The summed E-state index contributed by atoms with van der Waals surface area (Å²) >= 11 is 1.63. The third kappa shape index (κ3) is 2.90. The number of hydrogen-bond acceptors (Lipinski definition) is 4. The fourth-order valence-corrected chi connectivity index (χ4v) is 3.24. The highest BCUT2D eigenvalue weighted by atomic mass is 32.1.